The number of hydrogen-bond acceptors (Lipinski definition) is 2. The molecule has 0 radical (unpaired) electrons. The fourth-order valence-electron chi connectivity index (χ4n) is 2.16. The van der Waals surface area contributed by atoms with Crippen LogP contribution < -0.4 is 10.6 Å². The second-order valence-corrected chi connectivity index (χ2v) is 5.65. The van der Waals surface area contributed by atoms with Crippen LogP contribution >= 0.6 is 24.0 Å². The molecule has 24 heavy (non-hydrogen) atoms. The second kappa shape index (κ2) is 10.9. The highest BCUT2D eigenvalue weighted by molar-refractivity contribution is 14.0. The second-order valence-electron chi connectivity index (χ2n) is 5.65. The molecule has 1 aromatic carbocycles. The predicted molar refractivity (Wildman–Crippen MR) is 111 cm³/mol. The van der Waals surface area contributed by atoms with Gasteiger partial charge in [-0.2, -0.15) is 0 Å². The van der Waals surface area contributed by atoms with Gasteiger partial charge >= 0.3 is 0 Å². The summed E-state index contributed by atoms with van der Waals surface area (Å²) in [5.41, 5.74) is 2.26. The van der Waals surface area contributed by atoms with Gasteiger partial charge in [0.05, 0.1) is 18.8 Å². The third kappa shape index (κ3) is 7.21. The summed E-state index contributed by atoms with van der Waals surface area (Å²) in [5, 5.41) is 6.79. The number of nitrogens with zero attached hydrogens (tertiary/aromatic N) is 1. The van der Waals surface area contributed by atoms with Crippen molar-refractivity contribution in [1.29, 1.82) is 0 Å². The zero-order valence-electron chi connectivity index (χ0n) is 14.3. The SMILES string of the molecule is C=C(C)CN=C(NCCc1ccco1)NC(C)c1ccccc1.I. The van der Waals surface area contributed by atoms with Crippen molar-refractivity contribution in [2.45, 2.75) is 26.3 Å². The summed E-state index contributed by atoms with van der Waals surface area (Å²) in [5.74, 6) is 1.75. The smallest absolute Gasteiger partial charge is 0.192 e. The first kappa shape index (κ1) is 20.3. The van der Waals surface area contributed by atoms with Crippen LogP contribution in [0.25, 0.3) is 0 Å². The number of halogens is 1. The molecule has 2 N–H and O–H groups in total. The van der Waals surface area contributed by atoms with E-state index in [1.54, 1.807) is 6.26 Å². The molecule has 1 heterocycles. The van der Waals surface area contributed by atoms with Crippen LogP contribution in [0.5, 0.6) is 0 Å². The van der Waals surface area contributed by atoms with Crippen LogP contribution in [0.4, 0.5) is 0 Å². The van der Waals surface area contributed by atoms with Crippen molar-refractivity contribution in [3.8, 4) is 0 Å². The fraction of sp³-hybridized carbons (Fsp3) is 0.316. The average Bonchev–Trinajstić information content (AvgIpc) is 3.06. The molecule has 2 aromatic rings. The molecule has 130 valence electrons. The summed E-state index contributed by atoms with van der Waals surface area (Å²) < 4.78 is 5.35. The Morgan fingerprint density at radius 3 is 2.58 bits per heavy atom. The summed E-state index contributed by atoms with van der Waals surface area (Å²) in [7, 11) is 0. The number of rotatable bonds is 7. The molecule has 0 bridgehead atoms. The standard InChI is InChI=1S/C19H25N3O.HI/c1-15(2)14-21-19(20-12-11-18-10-7-13-23-18)22-16(3)17-8-5-4-6-9-17;/h4-10,13,16H,1,11-12,14H2,2-3H3,(H2,20,21,22);1H. The molecule has 0 aliphatic heterocycles. The third-order valence-corrected chi connectivity index (χ3v) is 3.40. The van der Waals surface area contributed by atoms with Gasteiger partial charge in [0.2, 0.25) is 0 Å². The maximum absolute atomic E-state index is 5.35. The predicted octanol–water partition coefficient (Wildman–Crippen LogP) is 4.31. The van der Waals surface area contributed by atoms with Crippen molar-refractivity contribution >= 4 is 29.9 Å². The van der Waals surface area contributed by atoms with Crippen LogP contribution in [0.3, 0.4) is 0 Å². The van der Waals surface area contributed by atoms with Crippen LogP contribution in [0.2, 0.25) is 0 Å². The molecule has 0 saturated carbocycles. The Bertz CT molecular complexity index is 623. The van der Waals surface area contributed by atoms with E-state index in [1.807, 2.05) is 37.3 Å². The molecule has 0 spiro atoms. The van der Waals surface area contributed by atoms with Crippen molar-refractivity contribution in [3.05, 3.63) is 72.2 Å². The number of furan rings is 1. The number of hydrogen-bond donors (Lipinski definition) is 2. The highest BCUT2D eigenvalue weighted by Gasteiger charge is 2.07. The summed E-state index contributed by atoms with van der Waals surface area (Å²) in [6, 6.07) is 14.4. The van der Waals surface area contributed by atoms with Crippen molar-refractivity contribution in [3.63, 3.8) is 0 Å². The van der Waals surface area contributed by atoms with Gasteiger partial charge in [0, 0.05) is 13.0 Å². The van der Waals surface area contributed by atoms with Gasteiger partial charge in [-0.25, -0.2) is 4.99 Å². The van der Waals surface area contributed by atoms with Gasteiger partial charge in [0.1, 0.15) is 5.76 Å². The van der Waals surface area contributed by atoms with Gasteiger partial charge in [-0.3, -0.25) is 0 Å². The summed E-state index contributed by atoms with van der Waals surface area (Å²) in [4.78, 5) is 4.57. The highest BCUT2D eigenvalue weighted by atomic mass is 127. The minimum absolute atomic E-state index is 0. The number of nitrogens with one attached hydrogen (secondary N) is 2. The van der Waals surface area contributed by atoms with Gasteiger partial charge in [0.15, 0.2) is 5.96 Å². The van der Waals surface area contributed by atoms with Gasteiger partial charge in [0.25, 0.3) is 0 Å². The number of benzene rings is 1. The van der Waals surface area contributed by atoms with Gasteiger partial charge in [-0.15, -0.1) is 24.0 Å². The zero-order chi connectivity index (χ0) is 16.5. The Balaban J connectivity index is 0.00000288. The molecular weight excluding hydrogens is 413 g/mol. The lowest BCUT2D eigenvalue weighted by Gasteiger charge is -2.18. The van der Waals surface area contributed by atoms with E-state index in [-0.39, 0.29) is 30.0 Å². The maximum Gasteiger partial charge on any atom is 0.192 e. The van der Waals surface area contributed by atoms with Crippen molar-refractivity contribution in [2.75, 3.05) is 13.1 Å². The molecule has 0 amide bonds. The molecule has 0 aliphatic carbocycles. The van der Waals surface area contributed by atoms with Crippen molar-refractivity contribution in [1.82, 2.24) is 10.6 Å². The van der Waals surface area contributed by atoms with Gasteiger partial charge < -0.3 is 15.1 Å². The van der Waals surface area contributed by atoms with E-state index in [9.17, 15) is 0 Å². The minimum Gasteiger partial charge on any atom is -0.469 e. The Morgan fingerprint density at radius 2 is 1.96 bits per heavy atom. The van der Waals surface area contributed by atoms with E-state index in [0.717, 1.165) is 30.3 Å². The first-order valence-electron chi connectivity index (χ1n) is 7.91. The Kier molecular flexibility index (Phi) is 9.22. The monoisotopic (exact) mass is 439 g/mol. The topological polar surface area (TPSA) is 49.6 Å². The third-order valence-electron chi connectivity index (χ3n) is 3.40. The average molecular weight is 439 g/mol. The molecule has 0 aliphatic rings. The highest BCUT2D eigenvalue weighted by Crippen LogP contribution is 2.10. The maximum atomic E-state index is 5.35. The molecule has 0 fully saturated rings. The summed E-state index contributed by atoms with van der Waals surface area (Å²) in [6.45, 7) is 9.38. The Morgan fingerprint density at radius 1 is 1.21 bits per heavy atom. The first-order valence-corrected chi connectivity index (χ1v) is 7.91. The van der Waals surface area contributed by atoms with E-state index in [4.69, 9.17) is 4.42 Å². The quantitative estimate of drug-likeness (QED) is 0.293. The van der Waals surface area contributed by atoms with E-state index < -0.39 is 0 Å². The normalized spacial score (nSPS) is 12.2. The summed E-state index contributed by atoms with van der Waals surface area (Å²) in [6.07, 6.45) is 2.52. The molecule has 0 saturated heterocycles. The Labute approximate surface area is 161 Å². The molecule has 2 rings (SSSR count). The molecule has 1 aromatic heterocycles. The zero-order valence-corrected chi connectivity index (χ0v) is 16.6. The molecule has 1 atom stereocenters. The molecule has 4 nitrogen and oxygen atoms in total. The lowest BCUT2D eigenvalue weighted by molar-refractivity contribution is 0.506. The van der Waals surface area contributed by atoms with Crippen LogP contribution in [0.1, 0.15) is 31.2 Å². The van der Waals surface area contributed by atoms with Crippen molar-refractivity contribution in [2.24, 2.45) is 4.99 Å². The lowest BCUT2D eigenvalue weighted by Crippen LogP contribution is -2.40. The van der Waals surface area contributed by atoms with Crippen LogP contribution in [-0.4, -0.2) is 19.0 Å². The fourth-order valence-corrected chi connectivity index (χ4v) is 2.16. The Hall–Kier alpha value is -1.76. The number of aliphatic imine (C=N–C) groups is 1. The van der Waals surface area contributed by atoms with Crippen molar-refractivity contribution < 1.29 is 4.42 Å². The van der Waals surface area contributed by atoms with Crippen LogP contribution in [0, 0.1) is 0 Å². The molecule has 5 heteroatoms. The minimum atomic E-state index is 0. The largest absolute Gasteiger partial charge is 0.469 e. The van der Waals surface area contributed by atoms with E-state index in [2.05, 4.69) is 41.3 Å². The lowest BCUT2D eigenvalue weighted by atomic mass is 10.1. The van der Waals surface area contributed by atoms with E-state index in [1.165, 1.54) is 5.56 Å². The summed E-state index contributed by atoms with van der Waals surface area (Å²) >= 11 is 0. The first-order chi connectivity index (χ1) is 11.1. The number of guanidine groups is 1. The van der Waals surface area contributed by atoms with Crippen LogP contribution in [-0.2, 0) is 6.42 Å². The van der Waals surface area contributed by atoms with Gasteiger partial charge in [-0.05, 0) is 31.5 Å². The van der Waals surface area contributed by atoms with Gasteiger partial charge in [-0.1, -0.05) is 42.5 Å². The van der Waals surface area contributed by atoms with E-state index >= 15 is 0 Å². The molecular formula is C19H26IN3O. The van der Waals surface area contributed by atoms with E-state index in [0.29, 0.717) is 6.54 Å². The molecule has 1 unspecified atom stereocenters. The van der Waals surface area contributed by atoms with Crippen LogP contribution in [0.15, 0.2) is 70.3 Å².